The lowest BCUT2D eigenvalue weighted by Gasteiger charge is -2.18. The Kier molecular flexibility index (Phi) is 4.28. The number of hydrogen-bond donors (Lipinski definition) is 1. The van der Waals surface area contributed by atoms with Crippen molar-refractivity contribution >= 4 is 11.8 Å². The number of aryl methyl sites for hydroxylation is 1. The van der Waals surface area contributed by atoms with Crippen LogP contribution >= 0.6 is 0 Å². The van der Waals surface area contributed by atoms with Gasteiger partial charge in [-0.05, 0) is 26.0 Å². The van der Waals surface area contributed by atoms with Crippen molar-refractivity contribution in [2.75, 3.05) is 23.8 Å². The summed E-state index contributed by atoms with van der Waals surface area (Å²) in [7, 11) is 2.01. The molecule has 2 heterocycles. The van der Waals surface area contributed by atoms with Gasteiger partial charge < -0.3 is 10.2 Å². The maximum absolute atomic E-state index is 4.50. The zero-order valence-electron chi connectivity index (χ0n) is 11.6. The van der Waals surface area contributed by atoms with E-state index in [2.05, 4.69) is 25.2 Å². The Bertz CT molecular complexity index is 527. The highest BCUT2D eigenvalue weighted by Gasteiger charge is 2.07. The van der Waals surface area contributed by atoms with Crippen molar-refractivity contribution in [1.82, 2.24) is 15.0 Å². The van der Waals surface area contributed by atoms with Crippen LogP contribution in [-0.4, -0.2) is 28.5 Å². The first kappa shape index (κ1) is 13.3. The fraction of sp³-hybridized carbons (Fsp3) is 0.357. The van der Waals surface area contributed by atoms with Gasteiger partial charge in [-0.3, -0.25) is 4.98 Å². The Morgan fingerprint density at radius 3 is 2.79 bits per heavy atom. The summed E-state index contributed by atoms with van der Waals surface area (Å²) in [6.45, 7) is 5.54. The Labute approximate surface area is 113 Å². The van der Waals surface area contributed by atoms with E-state index in [4.69, 9.17) is 0 Å². The molecule has 0 amide bonds. The second-order valence-corrected chi connectivity index (χ2v) is 4.40. The largest absolute Gasteiger partial charge is 0.354 e. The van der Waals surface area contributed by atoms with Crippen LogP contribution < -0.4 is 10.2 Å². The first-order valence-corrected chi connectivity index (χ1v) is 6.39. The number of rotatable bonds is 5. The summed E-state index contributed by atoms with van der Waals surface area (Å²) < 4.78 is 0. The smallest absolute Gasteiger partial charge is 0.224 e. The fourth-order valence-corrected chi connectivity index (χ4v) is 1.80. The van der Waals surface area contributed by atoms with Crippen molar-refractivity contribution < 1.29 is 0 Å². The molecule has 0 spiro atoms. The highest BCUT2D eigenvalue weighted by Crippen LogP contribution is 2.15. The molecule has 5 heteroatoms. The van der Waals surface area contributed by atoms with E-state index in [0.29, 0.717) is 5.95 Å². The quantitative estimate of drug-likeness (QED) is 0.890. The first-order valence-electron chi connectivity index (χ1n) is 6.39. The normalized spacial score (nSPS) is 10.3. The van der Waals surface area contributed by atoms with Gasteiger partial charge in [0.25, 0.3) is 0 Å². The Balaban J connectivity index is 2.16. The molecule has 0 saturated carbocycles. The van der Waals surface area contributed by atoms with Crippen LogP contribution in [0.5, 0.6) is 0 Å². The number of nitrogens with one attached hydrogen (secondary N) is 1. The Morgan fingerprint density at radius 1 is 1.26 bits per heavy atom. The highest BCUT2D eigenvalue weighted by molar-refractivity contribution is 5.44. The molecule has 100 valence electrons. The second kappa shape index (κ2) is 6.13. The summed E-state index contributed by atoms with van der Waals surface area (Å²) in [5, 5.41) is 3.14. The molecule has 0 aliphatic carbocycles. The van der Waals surface area contributed by atoms with Crippen LogP contribution in [0.3, 0.4) is 0 Å². The molecule has 0 radical (unpaired) electrons. The average molecular weight is 257 g/mol. The number of anilines is 2. The molecule has 2 aromatic rings. The van der Waals surface area contributed by atoms with Crippen LogP contribution in [-0.2, 0) is 6.54 Å². The van der Waals surface area contributed by atoms with Gasteiger partial charge in [0.2, 0.25) is 5.95 Å². The molecule has 0 bridgehead atoms. The molecule has 0 saturated heterocycles. The second-order valence-electron chi connectivity index (χ2n) is 4.40. The van der Waals surface area contributed by atoms with Crippen LogP contribution in [0.2, 0.25) is 0 Å². The molecule has 0 aromatic carbocycles. The predicted octanol–water partition coefficient (Wildman–Crippen LogP) is 2.25. The maximum Gasteiger partial charge on any atom is 0.224 e. The molecule has 0 fully saturated rings. The molecule has 19 heavy (non-hydrogen) atoms. The van der Waals surface area contributed by atoms with Crippen molar-refractivity contribution in [3.63, 3.8) is 0 Å². The lowest BCUT2D eigenvalue weighted by molar-refractivity contribution is 0.857. The molecule has 0 unspecified atom stereocenters. The van der Waals surface area contributed by atoms with Gasteiger partial charge in [-0.15, -0.1) is 0 Å². The fourth-order valence-electron chi connectivity index (χ4n) is 1.80. The van der Waals surface area contributed by atoms with Gasteiger partial charge in [0.15, 0.2) is 0 Å². The maximum atomic E-state index is 4.50. The van der Waals surface area contributed by atoms with Crippen molar-refractivity contribution in [1.29, 1.82) is 0 Å². The minimum atomic E-state index is 0.672. The van der Waals surface area contributed by atoms with E-state index in [1.165, 1.54) is 0 Å². The minimum absolute atomic E-state index is 0.672. The monoisotopic (exact) mass is 257 g/mol. The van der Waals surface area contributed by atoms with Crippen molar-refractivity contribution in [3.05, 3.63) is 41.9 Å². The minimum Gasteiger partial charge on any atom is -0.354 e. The van der Waals surface area contributed by atoms with Crippen LogP contribution in [0, 0.1) is 6.92 Å². The Morgan fingerprint density at radius 2 is 2.11 bits per heavy atom. The van der Waals surface area contributed by atoms with Crippen molar-refractivity contribution in [2.24, 2.45) is 0 Å². The third-order valence-corrected chi connectivity index (χ3v) is 2.69. The lowest BCUT2D eigenvalue weighted by atomic mass is 10.3. The predicted molar refractivity (Wildman–Crippen MR) is 77.3 cm³/mol. The van der Waals surface area contributed by atoms with E-state index < -0.39 is 0 Å². The van der Waals surface area contributed by atoms with E-state index >= 15 is 0 Å². The Hall–Kier alpha value is -2.17. The SMILES string of the molecule is CCNc1nc(C)cc(N(C)Cc2ccccn2)n1. The van der Waals surface area contributed by atoms with Gasteiger partial charge in [0, 0.05) is 31.5 Å². The standard InChI is InChI=1S/C14H19N5/c1-4-15-14-17-11(2)9-13(18-14)19(3)10-12-7-5-6-8-16-12/h5-9H,4,10H2,1-3H3,(H,15,17,18). The molecular weight excluding hydrogens is 238 g/mol. The van der Waals surface area contributed by atoms with E-state index in [-0.39, 0.29) is 0 Å². The molecular formula is C14H19N5. The molecule has 5 nitrogen and oxygen atoms in total. The van der Waals surface area contributed by atoms with Gasteiger partial charge in [0.1, 0.15) is 5.82 Å². The summed E-state index contributed by atoms with van der Waals surface area (Å²) >= 11 is 0. The third-order valence-electron chi connectivity index (χ3n) is 2.69. The van der Waals surface area contributed by atoms with Gasteiger partial charge in [0.05, 0.1) is 12.2 Å². The van der Waals surface area contributed by atoms with Crippen LogP contribution in [0.25, 0.3) is 0 Å². The number of nitrogens with zero attached hydrogens (tertiary/aromatic N) is 4. The summed E-state index contributed by atoms with van der Waals surface area (Å²) in [5.74, 6) is 1.57. The van der Waals surface area contributed by atoms with Gasteiger partial charge in [-0.1, -0.05) is 6.07 Å². The number of aromatic nitrogens is 3. The third kappa shape index (κ3) is 3.64. The van der Waals surface area contributed by atoms with Gasteiger partial charge in [-0.2, -0.15) is 4.98 Å². The summed E-state index contributed by atoms with van der Waals surface area (Å²) in [6.07, 6.45) is 1.80. The van der Waals surface area contributed by atoms with Crippen molar-refractivity contribution in [3.8, 4) is 0 Å². The highest BCUT2D eigenvalue weighted by atomic mass is 15.2. The van der Waals surface area contributed by atoms with E-state index in [0.717, 1.165) is 30.3 Å². The van der Waals surface area contributed by atoms with Crippen LogP contribution in [0.1, 0.15) is 18.3 Å². The topological polar surface area (TPSA) is 53.9 Å². The van der Waals surface area contributed by atoms with E-state index in [1.54, 1.807) is 6.20 Å². The molecule has 2 rings (SSSR count). The average Bonchev–Trinajstić information content (AvgIpc) is 2.39. The van der Waals surface area contributed by atoms with Crippen LogP contribution in [0.15, 0.2) is 30.5 Å². The molecule has 0 atom stereocenters. The van der Waals surface area contributed by atoms with E-state index in [9.17, 15) is 0 Å². The van der Waals surface area contributed by atoms with Crippen molar-refractivity contribution in [2.45, 2.75) is 20.4 Å². The molecule has 0 aliphatic rings. The molecule has 0 aliphatic heterocycles. The van der Waals surface area contributed by atoms with E-state index in [1.807, 2.05) is 45.2 Å². The zero-order valence-corrected chi connectivity index (χ0v) is 11.6. The molecule has 2 aromatic heterocycles. The zero-order chi connectivity index (χ0) is 13.7. The van der Waals surface area contributed by atoms with Crippen LogP contribution in [0.4, 0.5) is 11.8 Å². The summed E-state index contributed by atoms with van der Waals surface area (Å²) in [4.78, 5) is 15.2. The number of hydrogen-bond acceptors (Lipinski definition) is 5. The summed E-state index contributed by atoms with van der Waals surface area (Å²) in [6, 6.07) is 7.90. The number of pyridine rings is 1. The molecule has 1 N–H and O–H groups in total. The summed E-state index contributed by atoms with van der Waals surface area (Å²) in [5.41, 5.74) is 1.97. The lowest BCUT2D eigenvalue weighted by Crippen LogP contribution is -2.19. The van der Waals surface area contributed by atoms with Gasteiger partial charge >= 0.3 is 0 Å². The first-order chi connectivity index (χ1) is 9.19. The van der Waals surface area contributed by atoms with Gasteiger partial charge in [-0.25, -0.2) is 4.98 Å².